The molecule has 0 amide bonds. The van der Waals surface area contributed by atoms with Gasteiger partial charge < -0.3 is 4.74 Å². The third-order valence-corrected chi connectivity index (χ3v) is 4.40. The van der Waals surface area contributed by atoms with Crippen molar-refractivity contribution in [1.29, 1.82) is 0 Å². The van der Waals surface area contributed by atoms with Crippen LogP contribution in [0, 0.1) is 0 Å². The summed E-state index contributed by atoms with van der Waals surface area (Å²) in [6.07, 6.45) is 5.80. The second-order valence-electron chi connectivity index (χ2n) is 7.40. The standard InChI is InChI=1S/C17H33NO2/c1-7-9-11-18-16(3,4)12-14(13-17(18,5)6)20-15(19)10-8-2/h14H,7-13H2,1-6H3. The van der Waals surface area contributed by atoms with Gasteiger partial charge in [-0.25, -0.2) is 0 Å². The lowest BCUT2D eigenvalue weighted by Crippen LogP contribution is -2.62. The molecule has 0 aromatic carbocycles. The zero-order chi connectivity index (χ0) is 15.4. The highest BCUT2D eigenvalue weighted by Crippen LogP contribution is 2.39. The number of nitrogens with zero attached hydrogens (tertiary/aromatic N) is 1. The van der Waals surface area contributed by atoms with Crippen molar-refractivity contribution in [2.45, 2.75) is 97.2 Å². The van der Waals surface area contributed by atoms with E-state index in [2.05, 4.69) is 39.5 Å². The molecule has 0 saturated carbocycles. The van der Waals surface area contributed by atoms with Gasteiger partial charge in [0, 0.05) is 30.3 Å². The number of ether oxygens (including phenoxy) is 1. The van der Waals surface area contributed by atoms with Gasteiger partial charge in [-0.15, -0.1) is 0 Å². The molecule has 0 radical (unpaired) electrons. The molecule has 1 heterocycles. The first-order valence-electron chi connectivity index (χ1n) is 8.20. The van der Waals surface area contributed by atoms with E-state index >= 15 is 0 Å². The van der Waals surface area contributed by atoms with Crippen LogP contribution in [-0.2, 0) is 9.53 Å². The van der Waals surface area contributed by atoms with Gasteiger partial charge in [-0.3, -0.25) is 9.69 Å². The van der Waals surface area contributed by atoms with Crippen LogP contribution in [0.15, 0.2) is 0 Å². The third kappa shape index (κ3) is 4.47. The van der Waals surface area contributed by atoms with Gasteiger partial charge in [0.25, 0.3) is 0 Å². The molecule has 0 spiro atoms. The number of carbonyl (C=O) groups is 1. The molecule has 0 N–H and O–H groups in total. The normalized spacial score (nSPS) is 22.7. The summed E-state index contributed by atoms with van der Waals surface area (Å²) in [5.74, 6) is -0.0360. The van der Waals surface area contributed by atoms with Crippen molar-refractivity contribution in [2.24, 2.45) is 0 Å². The first-order valence-corrected chi connectivity index (χ1v) is 8.20. The summed E-state index contributed by atoms with van der Waals surface area (Å²) in [6, 6.07) is 0. The van der Waals surface area contributed by atoms with Crippen LogP contribution in [0.5, 0.6) is 0 Å². The molecular weight excluding hydrogens is 250 g/mol. The Morgan fingerprint density at radius 1 is 1.10 bits per heavy atom. The fraction of sp³-hybridized carbons (Fsp3) is 0.941. The number of carbonyl (C=O) groups excluding carboxylic acids is 1. The molecular formula is C17H33NO2. The molecule has 0 aromatic rings. The number of rotatable bonds is 6. The Labute approximate surface area is 125 Å². The van der Waals surface area contributed by atoms with E-state index in [9.17, 15) is 4.79 Å². The second kappa shape index (κ2) is 6.93. The third-order valence-electron chi connectivity index (χ3n) is 4.40. The molecule has 1 saturated heterocycles. The van der Waals surface area contributed by atoms with E-state index in [1.807, 2.05) is 6.92 Å². The fourth-order valence-corrected chi connectivity index (χ4v) is 3.68. The summed E-state index contributed by atoms with van der Waals surface area (Å²) in [5.41, 5.74) is 0.183. The molecule has 118 valence electrons. The van der Waals surface area contributed by atoms with Crippen molar-refractivity contribution in [1.82, 2.24) is 4.90 Å². The SMILES string of the molecule is CCCCN1C(C)(C)CC(OC(=O)CCC)CC1(C)C. The van der Waals surface area contributed by atoms with Crippen LogP contribution < -0.4 is 0 Å². The lowest BCUT2D eigenvalue weighted by Gasteiger charge is -2.55. The average molecular weight is 283 g/mol. The molecule has 1 aliphatic heterocycles. The predicted octanol–water partition coefficient (Wildman–Crippen LogP) is 4.15. The maximum atomic E-state index is 11.8. The number of hydrogen-bond acceptors (Lipinski definition) is 3. The molecule has 0 atom stereocenters. The summed E-state index contributed by atoms with van der Waals surface area (Å²) in [7, 11) is 0. The Hall–Kier alpha value is -0.570. The fourth-order valence-electron chi connectivity index (χ4n) is 3.68. The van der Waals surface area contributed by atoms with Crippen LogP contribution >= 0.6 is 0 Å². The Morgan fingerprint density at radius 3 is 2.10 bits per heavy atom. The van der Waals surface area contributed by atoms with Crippen molar-refractivity contribution in [3.8, 4) is 0 Å². The highest BCUT2D eigenvalue weighted by Gasteiger charge is 2.45. The highest BCUT2D eigenvalue weighted by atomic mass is 16.5. The van der Waals surface area contributed by atoms with E-state index in [0.29, 0.717) is 6.42 Å². The van der Waals surface area contributed by atoms with Crippen molar-refractivity contribution < 1.29 is 9.53 Å². The summed E-state index contributed by atoms with van der Waals surface area (Å²) >= 11 is 0. The van der Waals surface area contributed by atoms with E-state index in [0.717, 1.165) is 25.8 Å². The summed E-state index contributed by atoms with van der Waals surface area (Å²) in [4.78, 5) is 14.4. The molecule has 1 fully saturated rings. The Morgan fingerprint density at radius 2 is 1.65 bits per heavy atom. The largest absolute Gasteiger partial charge is 0.462 e. The average Bonchev–Trinajstić information content (AvgIpc) is 2.25. The van der Waals surface area contributed by atoms with E-state index in [1.165, 1.54) is 12.8 Å². The number of unbranched alkanes of at least 4 members (excludes halogenated alkanes) is 1. The molecule has 0 aromatic heterocycles. The topological polar surface area (TPSA) is 29.5 Å². The molecule has 1 aliphatic rings. The quantitative estimate of drug-likeness (QED) is 0.686. The van der Waals surface area contributed by atoms with Crippen LogP contribution in [-0.4, -0.2) is 34.6 Å². The Balaban J connectivity index is 2.73. The Kier molecular flexibility index (Phi) is 6.06. The molecule has 1 rings (SSSR count). The number of piperidine rings is 1. The van der Waals surface area contributed by atoms with E-state index in [1.54, 1.807) is 0 Å². The van der Waals surface area contributed by atoms with Gasteiger partial charge in [-0.2, -0.15) is 0 Å². The lowest BCUT2D eigenvalue weighted by molar-refractivity contribution is -0.160. The molecule has 20 heavy (non-hydrogen) atoms. The van der Waals surface area contributed by atoms with Crippen LogP contribution in [0.4, 0.5) is 0 Å². The van der Waals surface area contributed by atoms with Crippen LogP contribution in [0.25, 0.3) is 0 Å². The van der Waals surface area contributed by atoms with Crippen LogP contribution in [0.3, 0.4) is 0 Å². The molecule has 0 bridgehead atoms. The van der Waals surface area contributed by atoms with Gasteiger partial charge >= 0.3 is 5.97 Å². The second-order valence-corrected chi connectivity index (χ2v) is 7.40. The van der Waals surface area contributed by atoms with E-state index < -0.39 is 0 Å². The van der Waals surface area contributed by atoms with Gasteiger partial charge in [0.1, 0.15) is 6.10 Å². The van der Waals surface area contributed by atoms with Gasteiger partial charge in [0.05, 0.1) is 0 Å². The maximum Gasteiger partial charge on any atom is 0.306 e. The van der Waals surface area contributed by atoms with Crippen molar-refractivity contribution in [3.05, 3.63) is 0 Å². The summed E-state index contributed by atoms with van der Waals surface area (Å²) < 4.78 is 5.69. The number of hydrogen-bond donors (Lipinski definition) is 0. The zero-order valence-electron chi connectivity index (χ0n) is 14.3. The number of likely N-dealkylation sites (tertiary alicyclic amines) is 1. The first-order chi connectivity index (χ1) is 9.23. The summed E-state index contributed by atoms with van der Waals surface area (Å²) in [6.45, 7) is 14.5. The molecule has 0 aliphatic carbocycles. The molecule has 3 nitrogen and oxygen atoms in total. The van der Waals surface area contributed by atoms with Crippen molar-refractivity contribution in [2.75, 3.05) is 6.54 Å². The van der Waals surface area contributed by atoms with Gasteiger partial charge in [-0.05, 0) is 47.1 Å². The monoisotopic (exact) mass is 283 g/mol. The smallest absolute Gasteiger partial charge is 0.306 e. The molecule has 3 heteroatoms. The van der Waals surface area contributed by atoms with Gasteiger partial charge in [0.15, 0.2) is 0 Å². The number of esters is 1. The van der Waals surface area contributed by atoms with Crippen LogP contribution in [0.1, 0.15) is 80.1 Å². The minimum atomic E-state index is -0.0360. The van der Waals surface area contributed by atoms with Crippen LogP contribution in [0.2, 0.25) is 0 Å². The van der Waals surface area contributed by atoms with Gasteiger partial charge in [0.2, 0.25) is 0 Å². The Bertz CT molecular complexity index is 305. The maximum absolute atomic E-state index is 11.8. The van der Waals surface area contributed by atoms with Gasteiger partial charge in [-0.1, -0.05) is 20.3 Å². The van der Waals surface area contributed by atoms with Crippen molar-refractivity contribution in [3.63, 3.8) is 0 Å². The minimum Gasteiger partial charge on any atom is -0.462 e. The highest BCUT2D eigenvalue weighted by molar-refractivity contribution is 5.69. The predicted molar refractivity (Wildman–Crippen MR) is 83.8 cm³/mol. The zero-order valence-corrected chi connectivity index (χ0v) is 14.3. The lowest BCUT2D eigenvalue weighted by atomic mass is 9.78. The van der Waals surface area contributed by atoms with E-state index in [-0.39, 0.29) is 23.2 Å². The summed E-state index contributed by atoms with van der Waals surface area (Å²) in [5, 5.41) is 0. The first kappa shape index (κ1) is 17.5. The minimum absolute atomic E-state index is 0.0360. The van der Waals surface area contributed by atoms with Crippen molar-refractivity contribution >= 4 is 5.97 Å². The van der Waals surface area contributed by atoms with E-state index in [4.69, 9.17) is 4.74 Å². The molecule has 0 unspecified atom stereocenters.